The molecule has 0 aliphatic carbocycles. The maximum atomic E-state index is 2.30. The van der Waals surface area contributed by atoms with Crippen molar-refractivity contribution >= 4 is 39.0 Å². The third kappa shape index (κ3) is 1.89. The Morgan fingerprint density at radius 1 is 1.18 bits per heavy atom. The van der Waals surface area contributed by atoms with Crippen LogP contribution in [-0.4, -0.2) is 29.3 Å². The molecule has 0 fully saturated rings. The molecule has 0 nitrogen and oxygen atoms in total. The Bertz CT molecular complexity index is 268. The van der Waals surface area contributed by atoms with Crippen molar-refractivity contribution in [3.63, 3.8) is 0 Å². The van der Waals surface area contributed by atoms with Gasteiger partial charge in [-0.05, 0) is 0 Å². The average Bonchev–Trinajstić information content (AvgIpc) is 2.05. The Hall–Kier alpha value is -0.185. The monoisotopic (exact) mass is 260 g/mol. The van der Waals surface area contributed by atoms with Gasteiger partial charge in [-0.25, -0.2) is 0 Å². The fourth-order valence-corrected chi connectivity index (χ4v) is 3.49. The van der Waals surface area contributed by atoms with Gasteiger partial charge in [0.05, 0.1) is 8.41 Å². The Labute approximate surface area is 79.4 Å². The van der Waals surface area contributed by atoms with Crippen molar-refractivity contribution in [3.05, 3.63) is 35.9 Å². The molecule has 0 bridgehead atoms. The average molecular weight is 258 g/mol. The molecule has 1 aliphatic rings. The van der Waals surface area contributed by atoms with Gasteiger partial charge in [0.2, 0.25) is 0 Å². The van der Waals surface area contributed by atoms with Crippen molar-refractivity contribution in [2.75, 3.05) is 0 Å². The molecule has 2 rings (SSSR count). The molecule has 1 aromatic rings. The third-order valence-corrected chi connectivity index (χ3v) is 4.53. The van der Waals surface area contributed by atoms with Gasteiger partial charge in [-0.2, -0.15) is 0 Å². The van der Waals surface area contributed by atoms with E-state index in [4.69, 9.17) is 0 Å². The SMILES string of the molecule is B.C1=Cc2ccccc2[Te]C1. The summed E-state index contributed by atoms with van der Waals surface area (Å²) >= 11 is 0.143. The molecule has 0 N–H and O–H groups in total. The van der Waals surface area contributed by atoms with Crippen molar-refractivity contribution in [1.82, 2.24) is 0 Å². The summed E-state index contributed by atoms with van der Waals surface area (Å²) in [5.74, 6) is 0. The zero-order valence-corrected chi connectivity index (χ0v) is 7.91. The first-order valence-corrected chi connectivity index (χ1v) is 6.16. The molecule has 1 aliphatic heterocycles. The van der Waals surface area contributed by atoms with Crippen LogP contribution in [0.1, 0.15) is 5.56 Å². The number of fused-ring (bicyclic) bond motifs is 1. The molecule has 1 heterocycles. The summed E-state index contributed by atoms with van der Waals surface area (Å²) in [7, 11) is 0. The summed E-state index contributed by atoms with van der Waals surface area (Å²) in [6, 6.07) is 8.72. The number of allylic oxidation sites excluding steroid dienone is 1. The van der Waals surface area contributed by atoms with Gasteiger partial charge < -0.3 is 0 Å². The van der Waals surface area contributed by atoms with Gasteiger partial charge in [0.1, 0.15) is 0 Å². The second-order valence-corrected chi connectivity index (χ2v) is 5.28. The Morgan fingerprint density at radius 3 is 2.82 bits per heavy atom. The molecular formula is C9H11BTe. The van der Waals surface area contributed by atoms with Gasteiger partial charge in [-0.3, -0.25) is 0 Å². The van der Waals surface area contributed by atoms with Gasteiger partial charge in [0.15, 0.2) is 0 Å². The third-order valence-electron chi connectivity index (χ3n) is 1.55. The number of rotatable bonds is 0. The summed E-state index contributed by atoms with van der Waals surface area (Å²) < 4.78 is 2.96. The van der Waals surface area contributed by atoms with Crippen LogP contribution in [0.2, 0.25) is 4.47 Å². The number of hydrogen-bond donors (Lipinski definition) is 0. The van der Waals surface area contributed by atoms with Crippen LogP contribution in [0.15, 0.2) is 30.3 Å². The van der Waals surface area contributed by atoms with Crippen LogP contribution in [0.4, 0.5) is 0 Å². The van der Waals surface area contributed by atoms with E-state index in [9.17, 15) is 0 Å². The van der Waals surface area contributed by atoms with Crippen LogP contribution in [0.5, 0.6) is 0 Å². The van der Waals surface area contributed by atoms with Crippen molar-refractivity contribution in [2.24, 2.45) is 0 Å². The maximum absolute atomic E-state index is 2.30. The predicted molar refractivity (Wildman–Crippen MR) is 55.6 cm³/mol. The zero-order valence-electron chi connectivity index (χ0n) is 5.58. The molecular weight excluding hydrogens is 247 g/mol. The summed E-state index contributed by atoms with van der Waals surface area (Å²) in [5, 5.41) is 0. The van der Waals surface area contributed by atoms with E-state index in [2.05, 4.69) is 36.4 Å². The van der Waals surface area contributed by atoms with Crippen molar-refractivity contribution in [3.8, 4) is 0 Å². The van der Waals surface area contributed by atoms with Gasteiger partial charge in [0.25, 0.3) is 0 Å². The molecule has 0 radical (unpaired) electrons. The van der Waals surface area contributed by atoms with E-state index in [1.807, 2.05) is 0 Å². The van der Waals surface area contributed by atoms with Crippen molar-refractivity contribution in [1.29, 1.82) is 0 Å². The normalized spacial score (nSPS) is 13.5. The van der Waals surface area contributed by atoms with Crippen LogP contribution in [0.25, 0.3) is 6.08 Å². The van der Waals surface area contributed by atoms with E-state index in [0.29, 0.717) is 0 Å². The van der Waals surface area contributed by atoms with E-state index in [1.165, 1.54) is 10.0 Å². The molecule has 0 spiro atoms. The second-order valence-electron chi connectivity index (χ2n) is 2.25. The number of hydrogen-bond acceptors (Lipinski definition) is 0. The summed E-state index contributed by atoms with van der Waals surface area (Å²) in [4.78, 5) is 0. The predicted octanol–water partition coefficient (Wildman–Crippen LogP) is 0.277. The first-order valence-electron chi connectivity index (χ1n) is 3.35. The minimum absolute atomic E-state index is 0. The Kier molecular flexibility index (Phi) is 3.24. The van der Waals surface area contributed by atoms with E-state index in [1.54, 1.807) is 3.61 Å². The molecule has 0 amide bonds. The molecule has 0 saturated heterocycles. The zero-order chi connectivity index (χ0) is 6.81. The quantitative estimate of drug-likeness (QED) is 0.586. The summed E-state index contributed by atoms with van der Waals surface area (Å²) in [5.41, 5.74) is 1.45. The van der Waals surface area contributed by atoms with Gasteiger partial charge >= 0.3 is 71.0 Å². The summed E-state index contributed by atoms with van der Waals surface area (Å²) in [6.07, 6.45) is 4.54. The van der Waals surface area contributed by atoms with E-state index in [0.717, 1.165) is 0 Å². The molecule has 0 unspecified atom stereocenters. The van der Waals surface area contributed by atoms with Crippen LogP contribution < -0.4 is 3.61 Å². The van der Waals surface area contributed by atoms with Crippen molar-refractivity contribution in [2.45, 2.75) is 4.47 Å². The minimum atomic E-state index is 0. The molecule has 1 aromatic carbocycles. The molecule has 0 aromatic heterocycles. The van der Waals surface area contributed by atoms with Crippen LogP contribution in [0, 0.1) is 0 Å². The van der Waals surface area contributed by atoms with Crippen LogP contribution in [-0.2, 0) is 0 Å². The van der Waals surface area contributed by atoms with Crippen LogP contribution >= 0.6 is 0 Å². The Morgan fingerprint density at radius 2 is 2.00 bits per heavy atom. The molecule has 0 atom stereocenters. The first kappa shape index (κ1) is 8.91. The second kappa shape index (κ2) is 4.00. The van der Waals surface area contributed by atoms with Gasteiger partial charge in [-0.15, -0.1) is 0 Å². The first-order chi connectivity index (χ1) is 4.97. The molecule has 2 heteroatoms. The molecule has 11 heavy (non-hydrogen) atoms. The topological polar surface area (TPSA) is 0 Å². The molecule has 0 saturated carbocycles. The van der Waals surface area contributed by atoms with E-state index < -0.39 is 0 Å². The van der Waals surface area contributed by atoms with Gasteiger partial charge in [-0.1, -0.05) is 0 Å². The van der Waals surface area contributed by atoms with E-state index in [-0.39, 0.29) is 29.3 Å². The molecule has 56 valence electrons. The summed E-state index contributed by atoms with van der Waals surface area (Å²) in [6.45, 7) is 0. The van der Waals surface area contributed by atoms with Gasteiger partial charge in [0, 0.05) is 0 Å². The fraction of sp³-hybridized carbons (Fsp3) is 0.111. The standard InChI is InChI=1S/C9H8Te.BH3/c1-2-6-9-8(4-1)5-3-7-10-9;/h1-6H,7H2;1H3. The number of benzene rings is 1. The van der Waals surface area contributed by atoms with E-state index >= 15 is 0 Å². The van der Waals surface area contributed by atoms with Crippen molar-refractivity contribution < 1.29 is 0 Å². The fourth-order valence-electron chi connectivity index (χ4n) is 1.06. The Balaban J connectivity index is 0.000000605. The van der Waals surface area contributed by atoms with Crippen LogP contribution in [0.3, 0.4) is 0 Å².